The van der Waals surface area contributed by atoms with E-state index in [-0.39, 0.29) is 18.7 Å². The summed E-state index contributed by atoms with van der Waals surface area (Å²) in [6.45, 7) is 3.97. The number of ether oxygens (including phenoxy) is 1. The molecule has 0 unspecified atom stereocenters. The molecule has 1 aliphatic carbocycles. The molecule has 0 saturated heterocycles. The van der Waals surface area contributed by atoms with Crippen LogP contribution in [0.4, 0.5) is 5.69 Å². The summed E-state index contributed by atoms with van der Waals surface area (Å²) in [6.07, 6.45) is 1.87. The summed E-state index contributed by atoms with van der Waals surface area (Å²) < 4.78 is 5.86. The van der Waals surface area contributed by atoms with E-state index in [1.54, 1.807) is 11.3 Å². The number of nitrogens with zero attached hydrogens (tertiary/aromatic N) is 2. The van der Waals surface area contributed by atoms with E-state index in [4.69, 9.17) is 9.84 Å². The molecule has 1 aromatic heterocycles. The zero-order chi connectivity index (χ0) is 22.0. The van der Waals surface area contributed by atoms with Gasteiger partial charge in [0, 0.05) is 24.2 Å². The van der Waals surface area contributed by atoms with Gasteiger partial charge in [0.05, 0.1) is 18.3 Å². The predicted octanol–water partition coefficient (Wildman–Crippen LogP) is 4.36. The highest BCUT2D eigenvalue weighted by molar-refractivity contribution is 7.17. The molecule has 8 heteroatoms. The quantitative estimate of drug-likeness (QED) is 0.481. The third-order valence-corrected chi connectivity index (χ3v) is 6.29. The Labute approximate surface area is 185 Å². The van der Waals surface area contributed by atoms with E-state index in [2.05, 4.69) is 33.0 Å². The van der Waals surface area contributed by atoms with Gasteiger partial charge in [0.25, 0.3) is 0 Å². The monoisotopic (exact) mass is 438 g/mol. The molecule has 4 rings (SSSR count). The van der Waals surface area contributed by atoms with Crippen LogP contribution in [-0.2, 0) is 11.2 Å². The third kappa shape index (κ3) is 4.55. The van der Waals surface area contributed by atoms with Gasteiger partial charge in [-0.1, -0.05) is 29.5 Å². The van der Waals surface area contributed by atoms with Crippen molar-refractivity contribution in [2.45, 2.75) is 38.8 Å². The number of benzene rings is 2. The zero-order valence-electron chi connectivity index (χ0n) is 17.8. The number of carbonyl (C=O) groups is 1. The first-order valence-corrected chi connectivity index (χ1v) is 11.2. The highest BCUT2D eigenvalue weighted by Crippen LogP contribution is 2.40. The van der Waals surface area contributed by atoms with Crippen molar-refractivity contribution in [1.29, 1.82) is 0 Å². The predicted molar refractivity (Wildman–Crippen MR) is 123 cm³/mol. The second kappa shape index (κ2) is 9.03. The number of hydrogen-bond acceptors (Lipinski definition) is 7. The molecule has 1 heterocycles. The lowest BCUT2D eigenvalue weighted by Gasteiger charge is -2.14. The van der Waals surface area contributed by atoms with Gasteiger partial charge < -0.3 is 20.5 Å². The molecule has 0 aliphatic heterocycles. The van der Waals surface area contributed by atoms with Crippen molar-refractivity contribution in [3.8, 4) is 26.9 Å². The van der Waals surface area contributed by atoms with Gasteiger partial charge in [0.2, 0.25) is 0 Å². The van der Waals surface area contributed by atoms with E-state index in [9.17, 15) is 4.79 Å². The van der Waals surface area contributed by atoms with Crippen LogP contribution in [-0.4, -0.2) is 41.0 Å². The minimum Gasteiger partial charge on any atom is -0.489 e. The number of aliphatic carboxylic acids is 1. The number of carboxylic acids is 1. The number of nitrogens with one attached hydrogen (secondary N) is 2. The third-order valence-electron chi connectivity index (χ3n) is 5.28. The number of rotatable bonds is 8. The van der Waals surface area contributed by atoms with Crippen molar-refractivity contribution in [3.63, 3.8) is 0 Å². The first-order chi connectivity index (χ1) is 15.0. The zero-order valence-corrected chi connectivity index (χ0v) is 18.6. The van der Waals surface area contributed by atoms with Crippen LogP contribution in [0.2, 0.25) is 0 Å². The van der Waals surface area contributed by atoms with E-state index in [0.717, 1.165) is 51.0 Å². The molecule has 31 heavy (non-hydrogen) atoms. The minimum absolute atomic E-state index is 0.0401. The molecule has 162 valence electrons. The van der Waals surface area contributed by atoms with Crippen LogP contribution in [0, 0.1) is 0 Å². The Bertz CT molecular complexity index is 1100. The number of hydrogen-bond donors (Lipinski definition) is 3. The van der Waals surface area contributed by atoms with Gasteiger partial charge in [0.15, 0.2) is 0 Å². The van der Waals surface area contributed by atoms with Crippen LogP contribution >= 0.6 is 11.3 Å². The summed E-state index contributed by atoms with van der Waals surface area (Å²) >= 11 is 1.56. The molecular formula is C23H26N4O3S. The van der Waals surface area contributed by atoms with Crippen molar-refractivity contribution in [1.82, 2.24) is 15.5 Å². The highest BCUT2D eigenvalue weighted by atomic mass is 32.1. The number of fused-ring (bicyclic) bond motifs is 1. The number of anilines is 1. The van der Waals surface area contributed by atoms with Crippen LogP contribution in [0.25, 0.3) is 21.1 Å². The minimum atomic E-state index is -0.843. The maximum atomic E-state index is 10.9. The molecule has 0 bridgehead atoms. The van der Waals surface area contributed by atoms with Crippen LogP contribution in [0.5, 0.6) is 5.75 Å². The first-order valence-electron chi connectivity index (χ1n) is 10.4. The standard InChI is InChI=1S/C23H26N4O3S/c1-13(2)30-20-10-7-14(11-19(20)24-3)22-26-27-23(31-22)17-6-4-5-16-15(17)8-9-18(16)25-12-21(28)29/h4-7,10-11,13,18,24-25H,8-9,12H2,1-3H3,(H,28,29)/t18-/m0/s1. The van der Waals surface area contributed by atoms with E-state index >= 15 is 0 Å². The maximum absolute atomic E-state index is 10.9. The molecule has 7 nitrogen and oxygen atoms in total. The fourth-order valence-corrected chi connectivity index (χ4v) is 4.83. The van der Waals surface area contributed by atoms with Crippen molar-refractivity contribution >= 4 is 23.0 Å². The van der Waals surface area contributed by atoms with Crippen LogP contribution in [0.15, 0.2) is 36.4 Å². The second-order valence-corrected chi connectivity index (χ2v) is 8.76. The maximum Gasteiger partial charge on any atom is 0.317 e. The van der Waals surface area contributed by atoms with Crippen molar-refractivity contribution in [2.75, 3.05) is 18.9 Å². The summed E-state index contributed by atoms with van der Waals surface area (Å²) in [5.41, 5.74) is 5.36. The molecule has 0 radical (unpaired) electrons. The molecule has 0 spiro atoms. The van der Waals surface area contributed by atoms with Gasteiger partial charge in [-0.2, -0.15) is 0 Å². The Morgan fingerprint density at radius 1 is 1.26 bits per heavy atom. The topological polar surface area (TPSA) is 96.4 Å². The van der Waals surface area contributed by atoms with Crippen LogP contribution in [0.1, 0.15) is 37.4 Å². The summed E-state index contributed by atoms with van der Waals surface area (Å²) in [7, 11) is 1.87. The molecule has 3 aromatic rings. The normalized spacial score (nSPS) is 15.2. The second-order valence-electron chi connectivity index (χ2n) is 7.78. The van der Waals surface area contributed by atoms with E-state index < -0.39 is 5.97 Å². The van der Waals surface area contributed by atoms with Gasteiger partial charge in [-0.15, -0.1) is 10.2 Å². The Hall–Kier alpha value is -2.97. The fourth-order valence-electron chi connectivity index (χ4n) is 3.94. The Balaban J connectivity index is 1.61. The summed E-state index contributed by atoms with van der Waals surface area (Å²) in [4.78, 5) is 10.9. The summed E-state index contributed by atoms with van der Waals surface area (Å²) in [6, 6.07) is 12.2. The van der Waals surface area contributed by atoms with Crippen LogP contribution < -0.4 is 15.4 Å². The van der Waals surface area contributed by atoms with Gasteiger partial charge in [-0.25, -0.2) is 0 Å². The Kier molecular flexibility index (Phi) is 6.20. The van der Waals surface area contributed by atoms with E-state index in [1.807, 2.05) is 45.2 Å². The summed E-state index contributed by atoms with van der Waals surface area (Å²) in [5.74, 6) is -0.0316. The summed E-state index contributed by atoms with van der Waals surface area (Å²) in [5, 5.41) is 25.9. The average molecular weight is 439 g/mol. The lowest BCUT2D eigenvalue weighted by molar-refractivity contribution is -0.136. The van der Waals surface area contributed by atoms with Crippen LogP contribution in [0.3, 0.4) is 0 Å². The first kappa shape index (κ1) is 21.3. The SMILES string of the molecule is CNc1cc(-c2nnc(-c3cccc4c3CC[C@@H]4NCC(=O)O)s2)ccc1OC(C)C. The molecule has 3 N–H and O–H groups in total. The van der Waals surface area contributed by atoms with Gasteiger partial charge in [-0.05, 0) is 56.0 Å². The number of aromatic nitrogens is 2. The van der Waals surface area contributed by atoms with Gasteiger partial charge in [0.1, 0.15) is 15.8 Å². The fraction of sp³-hybridized carbons (Fsp3) is 0.348. The smallest absolute Gasteiger partial charge is 0.317 e. The molecule has 2 aromatic carbocycles. The van der Waals surface area contributed by atoms with E-state index in [0.29, 0.717) is 0 Å². The molecule has 1 atom stereocenters. The molecular weight excluding hydrogens is 412 g/mol. The largest absolute Gasteiger partial charge is 0.489 e. The lowest BCUT2D eigenvalue weighted by Crippen LogP contribution is -2.25. The highest BCUT2D eigenvalue weighted by Gasteiger charge is 2.26. The van der Waals surface area contributed by atoms with Crippen molar-refractivity contribution < 1.29 is 14.6 Å². The molecule has 0 saturated carbocycles. The molecule has 0 fully saturated rings. The molecule has 0 amide bonds. The average Bonchev–Trinajstić information content (AvgIpc) is 3.39. The molecule has 1 aliphatic rings. The van der Waals surface area contributed by atoms with E-state index in [1.165, 1.54) is 5.56 Å². The van der Waals surface area contributed by atoms with Gasteiger partial charge >= 0.3 is 5.97 Å². The Morgan fingerprint density at radius 2 is 2.06 bits per heavy atom. The van der Waals surface area contributed by atoms with Gasteiger partial charge in [-0.3, -0.25) is 4.79 Å². The number of carboxylic acid groups (broad SMARTS) is 1. The van der Waals surface area contributed by atoms with Crippen molar-refractivity contribution in [3.05, 3.63) is 47.5 Å². The van der Waals surface area contributed by atoms with Crippen molar-refractivity contribution in [2.24, 2.45) is 0 Å². The lowest BCUT2D eigenvalue weighted by atomic mass is 10.0. The Morgan fingerprint density at radius 3 is 2.81 bits per heavy atom.